The first-order valence-electron chi connectivity index (χ1n) is 7.14. The Hall–Kier alpha value is -2.08. The van der Waals surface area contributed by atoms with Crippen molar-refractivity contribution in [3.63, 3.8) is 0 Å². The first-order valence-corrected chi connectivity index (χ1v) is 8.36. The second-order valence-corrected chi connectivity index (χ2v) is 6.06. The number of carbonyl (C=O) groups excluding carboxylic acids is 1. The predicted octanol–water partition coefficient (Wildman–Crippen LogP) is 1.62. The van der Waals surface area contributed by atoms with Gasteiger partial charge in [-0.15, -0.1) is 11.8 Å². The number of hydrogen-bond acceptors (Lipinski definition) is 4. The zero-order chi connectivity index (χ0) is 15.5. The summed E-state index contributed by atoms with van der Waals surface area (Å²) in [6.07, 6.45) is 4.43. The summed E-state index contributed by atoms with van der Waals surface area (Å²) in [6.45, 7) is 0.961. The van der Waals surface area contributed by atoms with Gasteiger partial charge in [-0.2, -0.15) is 0 Å². The van der Waals surface area contributed by atoms with E-state index in [4.69, 9.17) is 0 Å². The molecule has 22 heavy (non-hydrogen) atoms. The van der Waals surface area contributed by atoms with E-state index in [-0.39, 0.29) is 11.5 Å². The van der Waals surface area contributed by atoms with E-state index in [1.165, 1.54) is 6.33 Å². The van der Waals surface area contributed by atoms with Gasteiger partial charge in [-0.1, -0.05) is 18.2 Å². The van der Waals surface area contributed by atoms with Crippen LogP contribution in [0.25, 0.3) is 0 Å². The van der Waals surface area contributed by atoms with Crippen molar-refractivity contribution < 1.29 is 4.79 Å². The summed E-state index contributed by atoms with van der Waals surface area (Å²) < 4.78 is 0. The summed E-state index contributed by atoms with van der Waals surface area (Å²) in [5.74, 6) is 0.0513. The Bertz CT molecular complexity index is 757. The van der Waals surface area contributed by atoms with E-state index in [2.05, 4.69) is 9.97 Å². The molecular weight excluding hydrogens is 298 g/mol. The first kappa shape index (κ1) is 14.8. The average Bonchev–Trinajstić information content (AvgIpc) is 2.55. The highest BCUT2D eigenvalue weighted by Gasteiger charge is 2.23. The van der Waals surface area contributed by atoms with Crippen LogP contribution in [-0.4, -0.2) is 33.6 Å². The Morgan fingerprint density at radius 2 is 2.23 bits per heavy atom. The van der Waals surface area contributed by atoms with Gasteiger partial charge in [0.05, 0.1) is 30.6 Å². The molecule has 6 heteroatoms. The molecule has 0 spiro atoms. The number of rotatable bonds is 3. The van der Waals surface area contributed by atoms with Crippen molar-refractivity contribution in [2.45, 2.75) is 24.3 Å². The summed E-state index contributed by atoms with van der Waals surface area (Å²) >= 11 is 1.64. The Morgan fingerprint density at radius 1 is 1.41 bits per heavy atom. The van der Waals surface area contributed by atoms with Crippen LogP contribution in [0.2, 0.25) is 0 Å². The summed E-state index contributed by atoms with van der Waals surface area (Å²) in [6, 6.07) is 7.92. The van der Waals surface area contributed by atoms with Gasteiger partial charge in [0.15, 0.2) is 0 Å². The number of aromatic nitrogens is 2. The smallest absolute Gasteiger partial charge is 0.255 e. The van der Waals surface area contributed by atoms with E-state index < -0.39 is 0 Å². The number of H-pyrrole nitrogens is 1. The lowest BCUT2D eigenvalue weighted by Crippen LogP contribution is -2.40. The van der Waals surface area contributed by atoms with Gasteiger partial charge in [0.25, 0.3) is 5.56 Å². The maximum Gasteiger partial charge on any atom is 0.255 e. The Kier molecular flexibility index (Phi) is 4.29. The van der Waals surface area contributed by atoms with Crippen LogP contribution < -0.4 is 5.56 Å². The van der Waals surface area contributed by atoms with Crippen LogP contribution >= 0.6 is 11.8 Å². The minimum absolute atomic E-state index is 0.0513. The van der Waals surface area contributed by atoms with Crippen LogP contribution in [0.4, 0.5) is 0 Å². The molecule has 3 rings (SSSR count). The molecule has 0 aliphatic carbocycles. The number of nitrogens with one attached hydrogen (secondary N) is 1. The SMILES string of the molecule is CSc1ccccc1CC(=O)N1CCc2nc[nH]c(=O)c2C1. The van der Waals surface area contributed by atoms with Crippen molar-refractivity contribution in [1.82, 2.24) is 14.9 Å². The molecule has 1 aromatic carbocycles. The zero-order valence-corrected chi connectivity index (χ0v) is 13.2. The molecule has 0 atom stereocenters. The molecule has 2 heterocycles. The van der Waals surface area contributed by atoms with Crippen LogP contribution in [0, 0.1) is 0 Å². The molecule has 1 amide bonds. The van der Waals surface area contributed by atoms with E-state index in [0.717, 1.165) is 16.2 Å². The summed E-state index contributed by atoms with van der Waals surface area (Å²) in [7, 11) is 0. The lowest BCUT2D eigenvalue weighted by molar-refractivity contribution is -0.131. The van der Waals surface area contributed by atoms with Crippen molar-refractivity contribution in [1.29, 1.82) is 0 Å². The van der Waals surface area contributed by atoms with E-state index >= 15 is 0 Å². The minimum atomic E-state index is -0.146. The van der Waals surface area contributed by atoms with E-state index in [9.17, 15) is 9.59 Å². The quantitative estimate of drug-likeness (QED) is 0.874. The maximum atomic E-state index is 12.5. The molecule has 1 aromatic heterocycles. The van der Waals surface area contributed by atoms with Gasteiger partial charge in [-0.3, -0.25) is 9.59 Å². The lowest BCUT2D eigenvalue weighted by atomic mass is 10.1. The van der Waals surface area contributed by atoms with E-state index in [1.807, 2.05) is 30.5 Å². The maximum absolute atomic E-state index is 12.5. The third-order valence-corrected chi connectivity index (χ3v) is 4.73. The second kappa shape index (κ2) is 6.36. The summed E-state index contributed by atoms with van der Waals surface area (Å²) in [4.78, 5) is 34.0. The number of fused-ring (bicyclic) bond motifs is 1. The molecule has 1 aliphatic heterocycles. The second-order valence-electron chi connectivity index (χ2n) is 5.21. The number of hydrogen-bond donors (Lipinski definition) is 1. The standard InChI is InChI=1S/C16H17N3O2S/c1-22-14-5-3-2-4-11(14)8-15(20)19-7-6-13-12(9-19)16(21)18-10-17-13/h2-5,10H,6-9H2,1H3,(H,17,18,21). The van der Waals surface area contributed by atoms with Gasteiger partial charge in [0, 0.05) is 17.9 Å². The fourth-order valence-electron chi connectivity index (χ4n) is 2.69. The van der Waals surface area contributed by atoms with Gasteiger partial charge >= 0.3 is 0 Å². The topological polar surface area (TPSA) is 66.1 Å². The molecule has 1 aliphatic rings. The number of amides is 1. The molecular formula is C16H17N3O2S. The molecule has 0 unspecified atom stereocenters. The van der Waals surface area contributed by atoms with Crippen LogP contribution in [0.1, 0.15) is 16.8 Å². The molecule has 5 nitrogen and oxygen atoms in total. The van der Waals surface area contributed by atoms with Crippen LogP contribution in [-0.2, 0) is 24.2 Å². The highest BCUT2D eigenvalue weighted by Crippen LogP contribution is 2.22. The number of nitrogens with zero attached hydrogens (tertiary/aromatic N) is 2. The molecule has 0 radical (unpaired) electrons. The number of carbonyl (C=O) groups is 1. The molecule has 0 fully saturated rings. The zero-order valence-electron chi connectivity index (χ0n) is 12.3. The molecule has 2 aromatic rings. The van der Waals surface area contributed by atoms with Gasteiger partial charge in [0.1, 0.15) is 0 Å². The summed E-state index contributed by atoms with van der Waals surface area (Å²) in [5.41, 5.74) is 2.30. The van der Waals surface area contributed by atoms with Crippen LogP contribution in [0.3, 0.4) is 0 Å². The van der Waals surface area contributed by atoms with Gasteiger partial charge < -0.3 is 9.88 Å². The van der Waals surface area contributed by atoms with Crippen molar-refractivity contribution in [3.8, 4) is 0 Å². The fourth-order valence-corrected chi connectivity index (χ4v) is 3.31. The monoisotopic (exact) mass is 315 g/mol. The van der Waals surface area contributed by atoms with Gasteiger partial charge in [-0.25, -0.2) is 4.98 Å². The van der Waals surface area contributed by atoms with Crippen LogP contribution in [0.15, 0.2) is 40.3 Å². The Labute approximate surface area is 132 Å². The van der Waals surface area contributed by atoms with Crippen molar-refractivity contribution in [2.24, 2.45) is 0 Å². The molecule has 1 N–H and O–H groups in total. The molecule has 0 saturated carbocycles. The molecule has 0 saturated heterocycles. The Morgan fingerprint density at radius 3 is 3.05 bits per heavy atom. The molecule has 0 bridgehead atoms. The number of thioether (sulfide) groups is 1. The minimum Gasteiger partial charge on any atom is -0.337 e. The largest absolute Gasteiger partial charge is 0.337 e. The van der Waals surface area contributed by atoms with Crippen molar-refractivity contribution in [3.05, 3.63) is 57.8 Å². The van der Waals surface area contributed by atoms with Gasteiger partial charge in [0.2, 0.25) is 5.91 Å². The first-order chi connectivity index (χ1) is 10.7. The Balaban J connectivity index is 1.77. The number of benzene rings is 1. The summed E-state index contributed by atoms with van der Waals surface area (Å²) in [5, 5.41) is 0. The molecule has 114 valence electrons. The third kappa shape index (κ3) is 2.92. The van der Waals surface area contributed by atoms with Crippen LogP contribution in [0.5, 0.6) is 0 Å². The predicted molar refractivity (Wildman–Crippen MR) is 85.9 cm³/mol. The van der Waals surface area contributed by atoms with Crippen molar-refractivity contribution in [2.75, 3.05) is 12.8 Å². The van der Waals surface area contributed by atoms with E-state index in [1.54, 1.807) is 16.7 Å². The lowest BCUT2D eigenvalue weighted by Gasteiger charge is -2.27. The highest BCUT2D eigenvalue weighted by atomic mass is 32.2. The fraction of sp³-hybridized carbons (Fsp3) is 0.312. The highest BCUT2D eigenvalue weighted by molar-refractivity contribution is 7.98. The van der Waals surface area contributed by atoms with E-state index in [0.29, 0.717) is 31.5 Å². The van der Waals surface area contributed by atoms with Crippen molar-refractivity contribution >= 4 is 17.7 Å². The normalized spacial score (nSPS) is 13.8. The average molecular weight is 315 g/mol. The third-order valence-electron chi connectivity index (χ3n) is 3.89. The number of aromatic amines is 1. The van der Waals surface area contributed by atoms with Gasteiger partial charge in [-0.05, 0) is 17.9 Å².